The predicted molar refractivity (Wildman–Crippen MR) is 64.8 cm³/mol. The minimum atomic E-state index is -0.893. The summed E-state index contributed by atoms with van der Waals surface area (Å²) in [5, 5.41) is 2.57. The molecule has 0 spiro atoms. The van der Waals surface area contributed by atoms with E-state index in [2.05, 4.69) is 10.1 Å². The van der Waals surface area contributed by atoms with Crippen LogP contribution in [-0.4, -0.2) is 24.9 Å². The fourth-order valence-corrected chi connectivity index (χ4v) is 1.25. The lowest BCUT2D eigenvalue weighted by molar-refractivity contribution is 0.0576. The van der Waals surface area contributed by atoms with Gasteiger partial charge in [0.1, 0.15) is 12.7 Å². The number of rotatable bonds is 5. The van der Waals surface area contributed by atoms with Crippen LogP contribution in [-0.2, 0) is 16.0 Å². The van der Waals surface area contributed by atoms with E-state index in [-0.39, 0.29) is 6.61 Å². The quantitative estimate of drug-likeness (QED) is 0.828. The second kappa shape index (κ2) is 7.16. The van der Waals surface area contributed by atoms with Crippen molar-refractivity contribution in [1.82, 2.24) is 5.32 Å². The van der Waals surface area contributed by atoms with E-state index < -0.39 is 18.3 Å². The minimum Gasteiger partial charge on any atom is -0.446 e. The van der Waals surface area contributed by atoms with Gasteiger partial charge in [0.15, 0.2) is 0 Å². The number of amides is 2. The van der Waals surface area contributed by atoms with Crippen molar-refractivity contribution in [1.29, 1.82) is 0 Å². The summed E-state index contributed by atoms with van der Waals surface area (Å²) in [6.45, 7) is 1.92. The van der Waals surface area contributed by atoms with Gasteiger partial charge in [-0.15, -0.1) is 0 Å². The number of primary amides is 1. The van der Waals surface area contributed by atoms with Gasteiger partial charge in [-0.1, -0.05) is 30.3 Å². The molecule has 6 heteroatoms. The Labute approximate surface area is 105 Å². The van der Waals surface area contributed by atoms with Crippen molar-refractivity contribution in [3.05, 3.63) is 35.9 Å². The standard InChI is InChI=1S/C12H16N2O4/c1-9(18-11(13)15)8-17-12(16)14-7-10-5-3-2-4-6-10/h2-6,9H,7-8H2,1H3,(H2,13,15)(H,14,16). The van der Waals surface area contributed by atoms with Crippen LogP contribution >= 0.6 is 0 Å². The first kappa shape index (κ1) is 13.8. The van der Waals surface area contributed by atoms with Gasteiger partial charge in [-0.25, -0.2) is 9.59 Å². The first-order chi connectivity index (χ1) is 8.58. The van der Waals surface area contributed by atoms with E-state index in [9.17, 15) is 9.59 Å². The van der Waals surface area contributed by atoms with Gasteiger partial charge >= 0.3 is 12.2 Å². The molecular weight excluding hydrogens is 236 g/mol. The molecular formula is C12H16N2O4. The number of hydrogen-bond donors (Lipinski definition) is 2. The van der Waals surface area contributed by atoms with E-state index in [4.69, 9.17) is 10.5 Å². The van der Waals surface area contributed by atoms with Crippen LogP contribution in [0.5, 0.6) is 0 Å². The van der Waals surface area contributed by atoms with Gasteiger partial charge in [-0.2, -0.15) is 0 Å². The van der Waals surface area contributed by atoms with Crippen LogP contribution in [0, 0.1) is 0 Å². The van der Waals surface area contributed by atoms with Gasteiger partial charge in [-0.3, -0.25) is 0 Å². The smallest absolute Gasteiger partial charge is 0.407 e. The maximum absolute atomic E-state index is 11.3. The van der Waals surface area contributed by atoms with Gasteiger partial charge < -0.3 is 20.5 Å². The zero-order valence-electron chi connectivity index (χ0n) is 10.1. The van der Waals surface area contributed by atoms with Gasteiger partial charge in [0.2, 0.25) is 0 Å². The van der Waals surface area contributed by atoms with Gasteiger partial charge in [0.05, 0.1) is 0 Å². The molecule has 0 aliphatic carbocycles. The molecule has 0 aromatic heterocycles. The van der Waals surface area contributed by atoms with Crippen molar-refractivity contribution < 1.29 is 19.1 Å². The average Bonchev–Trinajstić information content (AvgIpc) is 2.34. The number of ether oxygens (including phenoxy) is 2. The monoisotopic (exact) mass is 252 g/mol. The molecule has 1 aromatic rings. The van der Waals surface area contributed by atoms with Gasteiger partial charge in [0, 0.05) is 6.54 Å². The molecule has 0 heterocycles. The second-order valence-electron chi connectivity index (χ2n) is 3.69. The van der Waals surface area contributed by atoms with Crippen LogP contribution in [0.3, 0.4) is 0 Å². The van der Waals surface area contributed by atoms with Crippen LogP contribution < -0.4 is 11.1 Å². The highest BCUT2D eigenvalue weighted by Crippen LogP contribution is 1.98. The maximum atomic E-state index is 11.3. The predicted octanol–water partition coefficient (Wildman–Crippen LogP) is 1.40. The number of hydrogen-bond acceptors (Lipinski definition) is 4. The lowest BCUT2D eigenvalue weighted by Crippen LogP contribution is -2.29. The topological polar surface area (TPSA) is 90.7 Å². The molecule has 0 saturated carbocycles. The van der Waals surface area contributed by atoms with Crippen molar-refractivity contribution in [2.45, 2.75) is 19.6 Å². The molecule has 1 unspecified atom stereocenters. The van der Waals surface area contributed by atoms with E-state index in [1.165, 1.54) is 0 Å². The number of nitrogens with two attached hydrogens (primary N) is 1. The van der Waals surface area contributed by atoms with E-state index in [0.717, 1.165) is 5.56 Å². The largest absolute Gasteiger partial charge is 0.446 e. The number of carbonyl (C=O) groups excluding carboxylic acids is 2. The first-order valence-corrected chi connectivity index (χ1v) is 5.48. The molecule has 1 aromatic carbocycles. The summed E-state index contributed by atoms with van der Waals surface area (Å²) in [4.78, 5) is 21.7. The third-order valence-corrected chi connectivity index (χ3v) is 2.05. The lowest BCUT2D eigenvalue weighted by atomic mass is 10.2. The molecule has 1 rings (SSSR count). The number of nitrogens with one attached hydrogen (secondary N) is 1. The fourth-order valence-electron chi connectivity index (χ4n) is 1.25. The Morgan fingerprint density at radius 1 is 1.33 bits per heavy atom. The van der Waals surface area contributed by atoms with E-state index in [1.807, 2.05) is 30.3 Å². The summed E-state index contributed by atoms with van der Waals surface area (Å²) in [7, 11) is 0. The number of carbonyl (C=O) groups is 2. The Kier molecular flexibility index (Phi) is 5.50. The molecule has 0 aliphatic heterocycles. The van der Waals surface area contributed by atoms with E-state index in [0.29, 0.717) is 6.54 Å². The highest BCUT2D eigenvalue weighted by Gasteiger charge is 2.09. The Morgan fingerprint density at radius 3 is 2.61 bits per heavy atom. The normalized spacial score (nSPS) is 11.4. The van der Waals surface area contributed by atoms with E-state index in [1.54, 1.807) is 6.92 Å². The van der Waals surface area contributed by atoms with Crippen LogP contribution in [0.4, 0.5) is 9.59 Å². The molecule has 2 amide bonds. The molecule has 18 heavy (non-hydrogen) atoms. The zero-order chi connectivity index (χ0) is 13.4. The first-order valence-electron chi connectivity index (χ1n) is 5.48. The number of alkyl carbamates (subject to hydrolysis) is 1. The lowest BCUT2D eigenvalue weighted by Gasteiger charge is -2.12. The maximum Gasteiger partial charge on any atom is 0.407 e. The second-order valence-corrected chi connectivity index (χ2v) is 3.69. The highest BCUT2D eigenvalue weighted by atomic mass is 16.6. The van der Waals surface area contributed by atoms with Gasteiger partial charge in [0.25, 0.3) is 0 Å². The summed E-state index contributed by atoms with van der Waals surface area (Å²) >= 11 is 0. The molecule has 3 N–H and O–H groups in total. The van der Waals surface area contributed by atoms with Crippen molar-refractivity contribution >= 4 is 12.2 Å². The molecule has 0 saturated heterocycles. The molecule has 0 aliphatic rings. The SMILES string of the molecule is CC(COC(=O)NCc1ccccc1)OC(N)=O. The third-order valence-electron chi connectivity index (χ3n) is 2.05. The molecule has 0 radical (unpaired) electrons. The minimum absolute atomic E-state index is 0.0381. The molecule has 6 nitrogen and oxygen atoms in total. The van der Waals surface area contributed by atoms with Crippen LogP contribution in [0.1, 0.15) is 12.5 Å². The Hall–Kier alpha value is -2.24. The van der Waals surface area contributed by atoms with Crippen LogP contribution in [0.25, 0.3) is 0 Å². The average molecular weight is 252 g/mol. The van der Waals surface area contributed by atoms with Crippen molar-refractivity contribution in [2.24, 2.45) is 5.73 Å². The Bertz CT molecular complexity index is 394. The van der Waals surface area contributed by atoms with Crippen molar-refractivity contribution in [2.75, 3.05) is 6.61 Å². The fraction of sp³-hybridized carbons (Fsp3) is 0.333. The van der Waals surface area contributed by atoms with Crippen LogP contribution in [0.15, 0.2) is 30.3 Å². The summed E-state index contributed by atoms with van der Waals surface area (Å²) in [5.74, 6) is 0. The number of benzene rings is 1. The molecule has 0 fully saturated rings. The van der Waals surface area contributed by atoms with Crippen LogP contribution in [0.2, 0.25) is 0 Å². The third kappa shape index (κ3) is 5.74. The van der Waals surface area contributed by atoms with E-state index >= 15 is 0 Å². The summed E-state index contributed by atoms with van der Waals surface area (Å²) in [6, 6.07) is 9.43. The van der Waals surface area contributed by atoms with Crippen molar-refractivity contribution in [3.63, 3.8) is 0 Å². The highest BCUT2D eigenvalue weighted by molar-refractivity contribution is 5.67. The Morgan fingerprint density at radius 2 is 2.00 bits per heavy atom. The summed E-state index contributed by atoms with van der Waals surface area (Å²) in [6.07, 6.45) is -2.03. The Balaban J connectivity index is 2.20. The zero-order valence-corrected chi connectivity index (χ0v) is 10.1. The summed E-state index contributed by atoms with van der Waals surface area (Å²) in [5.41, 5.74) is 5.79. The van der Waals surface area contributed by atoms with Gasteiger partial charge in [-0.05, 0) is 12.5 Å². The molecule has 1 atom stereocenters. The summed E-state index contributed by atoms with van der Waals surface area (Å²) < 4.78 is 9.44. The van der Waals surface area contributed by atoms with Crippen molar-refractivity contribution in [3.8, 4) is 0 Å². The molecule has 0 bridgehead atoms. The molecule has 98 valence electrons.